The minimum absolute atomic E-state index is 0. The van der Waals surface area contributed by atoms with Gasteiger partial charge in [0, 0.05) is 6.07 Å². The fourth-order valence-corrected chi connectivity index (χ4v) is 2.64. The molecule has 28 heavy (non-hydrogen) atoms. The minimum Gasteiger partial charge on any atom is -0.542 e. The molecule has 0 fully saturated rings. The van der Waals surface area contributed by atoms with E-state index in [9.17, 15) is 14.7 Å². The molecule has 3 aromatic rings. The van der Waals surface area contributed by atoms with Gasteiger partial charge in [-0.3, -0.25) is 4.79 Å². The number of carboxylic acid groups (broad SMARTS) is 1. The number of hydrogen-bond acceptors (Lipinski definition) is 6. The normalized spacial score (nSPS) is 10.3. The Labute approximate surface area is 184 Å². The van der Waals surface area contributed by atoms with Crippen molar-refractivity contribution in [3.05, 3.63) is 70.6 Å². The predicted molar refractivity (Wildman–Crippen MR) is 98.1 cm³/mol. The second-order valence-corrected chi connectivity index (χ2v) is 5.97. The Morgan fingerprint density at radius 1 is 0.929 bits per heavy atom. The summed E-state index contributed by atoms with van der Waals surface area (Å²) >= 11 is 0. The first-order valence-electron chi connectivity index (χ1n) is 8.74. The van der Waals surface area contributed by atoms with E-state index in [1.54, 1.807) is 18.2 Å². The zero-order valence-electron chi connectivity index (χ0n) is 15.7. The second-order valence-electron chi connectivity index (χ2n) is 5.97. The number of rotatable bonds is 9. The number of unbranched alkanes of at least 4 members (excludes halogenated alkanes) is 2. The second kappa shape index (κ2) is 10.9. The van der Waals surface area contributed by atoms with E-state index in [-0.39, 0.29) is 40.5 Å². The van der Waals surface area contributed by atoms with E-state index in [0.29, 0.717) is 19.0 Å². The summed E-state index contributed by atoms with van der Waals surface area (Å²) in [4.78, 5) is 23.0. The average molecular weight is 390 g/mol. The molecule has 6 nitrogen and oxygen atoms in total. The maximum Gasteiger partial charge on any atom is 1.00 e. The van der Waals surface area contributed by atoms with Crippen molar-refractivity contribution in [2.45, 2.75) is 19.3 Å². The molecule has 0 saturated carbocycles. The van der Waals surface area contributed by atoms with Gasteiger partial charge in [0.05, 0.1) is 18.6 Å². The van der Waals surface area contributed by atoms with Crippen LogP contribution in [0.2, 0.25) is 0 Å². The average Bonchev–Trinajstić information content (AvgIpc) is 2.68. The molecule has 0 amide bonds. The van der Waals surface area contributed by atoms with Gasteiger partial charge in [0.2, 0.25) is 0 Å². The van der Waals surface area contributed by atoms with Crippen LogP contribution in [-0.4, -0.2) is 19.2 Å². The molecule has 0 N–H and O–H groups in total. The van der Waals surface area contributed by atoms with Gasteiger partial charge in [0.1, 0.15) is 11.7 Å². The molecule has 3 rings (SSSR count). The fraction of sp³-hybridized carbons (Fsp3) is 0.238. The number of carboxylic acids is 1. The van der Waals surface area contributed by atoms with Crippen molar-refractivity contribution < 1.29 is 53.3 Å². The first-order chi connectivity index (χ1) is 13.1. The molecule has 0 bridgehead atoms. The molecule has 2 aromatic carbocycles. The molecule has 0 saturated heterocycles. The molecule has 140 valence electrons. The van der Waals surface area contributed by atoms with Crippen LogP contribution < -0.4 is 49.6 Å². The maximum atomic E-state index is 12.0. The Hall–Kier alpha value is -2.28. The van der Waals surface area contributed by atoms with Crippen LogP contribution in [0.15, 0.2) is 63.8 Å². The third kappa shape index (κ3) is 5.86. The molecule has 7 heteroatoms. The van der Waals surface area contributed by atoms with Crippen LogP contribution in [0, 0.1) is 0 Å². The van der Waals surface area contributed by atoms with Crippen molar-refractivity contribution in [3.63, 3.8) is 0 Å². The smallest absolute Gasteiger partial charge is 0.542 e. The standard InChI is InChI=1S/C21H20O6.Na/c22-17-14-19(21(23)24)27-20-16(17)10-7-11-18(20)26-13-6-2-5-12-25-15-8-3-1-4-9-15;/h1,3-4,7-11,14H,2,5-6,12-13H2,(H,23,24);/q;+1/p-1. The monoisotopic (exact) mass is 390 g/mol. The van der Waals surface area contributed by atoms with Crippen LogP contribution in [0.25, 0.3) is 11.0 Å². The number of carbonyl (C=O) groups excluding carboxylic acids is 1. The number of ether oxygens (including phenoxy) is 2. The molecule has 0 radical (unpaired) electrons. The molecule has 0 aliphatic heterocycles. The van der Waals surface area contributed by atoms with Crippen LogP contribution >= 0.6 is 0 Å². The van der Waals surface area contributed by atoms with Crippen LogP contribution in [0.4, 0.5) is 0 Å². The summed E-state index contributed by atoms with van der Waals surface area (Å²) in [6.07, 6.45) is 2.59. The van der Waals surface area contributed by atoms with Gasteiger partial charge in [-0.25, -0.2) is 0 Å². The largest absolute Gasteiger partial charge is 1.00 e. The number of hydrogen-bond donors (Lipinski definition) is 0. The van der Waals surface area contributed by atoms with Gasteiger partial charge in [0.15, 0.2) is 22.5 Å². The molecule has 1 heterocycles. The van der Waals surface area contributed by atoms with Crippen LogP contribution in [-0.2, 0) is 0 Å². The number of para-hydroxylation sites is 2. The van der Waals surface area contributed by atoms with E-state index in [2.05, 4.69) is 0 Å². The Kier molecular flexibility index (Phi) is 8.57. The topological polar surface area (TPSA) is 88.8 Å². The maximum absolute atomic E-state index is 12.0. The van der Waals surface area contributed by atoms with Crippen LogP contribution in [0.3, 0.4) is 0 Å². The summed E-state index contributed by atoms with van der Waals surface area (Å²) in [6.45, 7) is 1.05. The quantitative estimate of drug-likeness (QED) is 0.371. The van der Waals surface area contributed by atoms with E-state index in [1.165, 1.54) is 0 Å². The van der Waals surface area contributed by atoms with E-state index in [1.807, 2.05) is 30.3 Å². The Bertz CT molecular complexity index is 968. The number of aromatic carboxylic acids is 1. The van der Waals surface area contributed by atoms with Gasteiger partial charge in [-0.05, 0) is 43.5 Å². The summed E-state index contributed by atoms with van der Waals surface area (Å²) < 4.78 is 16.6. The van der Waals surface area contributed by atoms with Crippen molar-refractivity contribution >= 4 is 16.9 Å². The number of benzene rings is 2. The molecular formula is C21H19NaO6. The van der Waals surface area contributed by atoms with Gasteiger partial charge < -0.3 is 23.8 Å². The summed E-state index contributed by atoms with van der Waals surface area (Å²) in [5, 5.41) is 11.2. The third-order valence-electron chi connectivity index (χ3n) is 3.98. The first-order valence-corrected chi connectivity index (χ1v) is 8.74. The van der Waals surface area contributed by atoms with E-state index in [4.69, 9.17) is 13.9 Å². The first kappa shape index (κ1) is 22.0. The minimum atomic E-state index is -1.54. The third-order valence-corrected chi connectivity index (χ3v) is 3.98. The predicted octanol–water partition coefficient (Wildman–Crippen LogP) is -0.211. The van der Waals surface area contributed by atoms with Crippen molar-refractivity contribution in [1.82, 2.24) is 0 Å². The van der Waals surface area contributed by atoms with E-state index >= 15 is 0 Å². The molecule has 0 unspecified atom stereocenters. The zero-order valence-corrected chi connectivity index (χ0v) is 17.7. The molecule has 1 aromatic heterocycles. The van der Waals surface area contributed by atoms with Crippen LogP contribution in [0.1, 0.15) is 29.8 Å². The zero-order chi connectivity index (χ0) is 19.1. The van der Waals surface area contributed by atoms with Crippen molar-refractivity contribution in [1.29, 1.82) is 0 Å². The fourth-order valence-electron chi connectivity index (χ4n) is 2.64. The van der Waals surface area contributed by atoms with Crippen LogP contribution in [0.5, 0.6) is 11.5 Å². The van der Waals surface area contributed by atoms with Gasteiger partial charge in [-0.15, -0.1) is 0 Å². The van der Waals surface area contributed by atoms with Gasteiger partial charge in [-0.1, -0.05) is 24.3 Å². The summed E-state index contributed by atoms with van der Waals surface area (Å²) in [5.74, 6) is -0.861. The molecule has 0 aliphatic carbocycles. The Morgan fingerprint density at radius 3 is 2.36 bits per heavy atom. The van der Waals surface area contributed by atoms with Gasteiger partial charge in [0.25, 0.3) is 0 Å². The SMILES string of the molecule is O=C([O-])c1cc(=O)c2cccc(OCCCCCOc3ccccc3)c2o1.[Na+]. The molecule has 0 aliphatic rings. The summed E-state index contributed by atoms with van der Waals surface area (Å²) in [6, 6.07) is 15.4. The summed E-state index contributed by atoms with van der Waals surface area (Å²) in [5.41, 5.74) is -0.324. The molecular weight excluding hydrogens is 371 g/mol. The Morgan fingerprint density at radius 2 is 1.64 bits per heavy atom. The van der Waals surface area contributed by atoms with Crippen molar-refractivity contribution in [3.8, 4) is 11.5 Å². The van der Waals surface area contributed by atoms with Crippen molar-refractivity contribution in [2.75, 3.05) is 13.2 Å². The van der Waals surface area contributed by atoms with Gasteiger partial charge in [-0.2, -0.15) is 0 Å². The molecule has 0 atom stereocenters. The Balaban J connectivity index is 0.00000280. The summed E-state index contributed by atoms with van der Waals surface area (Å²) in [7, 11) is 0. The molecule has 0 spiro atoms. The number of carbonyl (C=O) groups is 1. The van der Waals surface area contributed by atoms with Crippen molar-refractivity contribution in [2.24, 2.45) is 0 Å². The number of fused-ring (bicyclic) bond motifs is 1. The van der Waals surface area contributed by atoms with E-state index < -0.39 is 17.2 Å². The van der Waals surface area contributed by atoms with Gasteiger partial charge >= 0.3 is 29.6 Å². The van der Waals surface area contributed by atoms with E-state index in [0.717, 1.165) is 31.1 Å².